The average molecular weight is 341 g/mol. The van der Waals surface area contributed by atoms with E-state index in [2.05, 4.69) is 20.0 Å². The van der Waals surface area contributed by atoms with E-state index < -0.39 is 0 Å². The van der Waals surface area contributed by atoms with Crippen LogP contribution >= 0.6 is 0 Å². The summed E-state index contributed by atoms with van der Waals surface area (Å²) in [5.41, 5.74) is 1.52. The van der Waals surface area contributed by atoms with Crippen molar-refractivity contribution in [3.8, 4) is 22.8 Å². The van der Waals surface area contributed by atoms with Gasteiger partial charge in [0.1, 0.15) is 17.2 Å². The number of methoxy groups -OCH3 is 2. The van der Waals surface area contributed by atoms with Gasteiger partial charge >= 0.3 is 0 Å². The number of nitrogens with zero attached hydrogens (tertiary/aromatic N) is 5. The second-order valence-electron chi connectivity index (χ2n) is 6.46. The topological polar surface area (TPSA) is 63.6 Å². The Hall–Kier alpha value is -2.41. The van der Waals surface area contributed by atoms with Crippen LogP contribution in [-0.4, -0.2) is 66.5 Å². The van der Waals surface area contributed by atoms with Crippen LogP contribution in [0.25, 0.3) is 11.3 Å². The van der Waals surface area contributed by atoms with Crippen LogP contribution in [0.5, 0.6) is 11.5 Å². The molecule has 25 heavy (non-hydrogen) atoms. The first kappa shape index (κ1) is 16.1. The highest BCUT2D eigenvalue weighted by Gasteiger charge is 2.31. The summed E-state index contributed by atoms with van der Waals surface area (Å²) < 4.78 is 11.0. The maximum absolute atomic E-state index is 5.50. The first-order chi connectivity index (χ1) is 12.3. The van der Waals surface area contributed by atoms with Crippen molar-refractivity contribution < 1.29 is 9.47 Å². The molecule has 2 aliphatic rings. The van der Waals surface area contributed by atoms with Gasteiger partial charge in [-0.1, -0.05) is 6.07 Å². The molecule has 2 aliphatic heterocycles. The predicted octanol–water partition coefficient (Wildman–Crippen LogP) is 1.84. The fraction of sp³-hybridized carbons (Fsp3) is 0.500. The Morgan fingerprint density at radius 2 is 1.88 bits per heavy atom. The number of hydrogen-bond acceptors (Lipinski definition) is 7. The van der Waals surface area contributed by atoms with Gasteiger partial charge in [0.05, 0.1) is 26.0 Å². The monoisotopic (exact) mass is 341 g/mol. The molecule has 2 saturated heterocycles. The van der Waals surface area contributed by atoms with E-state index in [1.807, 2.05) is 18.2 Å². The number of ether oxygens (including phenoxy) is 2. The lowest BCUT2D eigenvalue weighted by molar-refractivity contribution is 0.229. The van der Waals surface area contributed by atoms with E-state index in [1.165, 1.54) is 19.4 Å². The fourth-order valence-corrected chi connectivity index (χ4v) is 3.82. The second-order valence-corrected chi connectivity index (χ2v) is 6.46. The first-order valence-electron chi connectivity index (χ1n) is 8.70. The maximum Gasteiger partial charge on any atom is 0.246 e. The lowest BCUT2D eigenvalue weighted by Gasteiger charge is -2.37. The largest absolute Gasteiger partial charge is 0.496 e. The van der Waals surface area contributed by atoms with Crippen molar-refractivity contribution in [1.82, 2.24) is 20.1 Å². The van der Waals surface area contributed by atoms with E-state index in [4.69, 9.17) is 14.5 Å². The van der Waals surface area contributed by atoms with Crippen molar-refractivity contribution in [2.45, 2.75) is 18.9 Å². The molecule has 0 spiro atoms. The predicted molar refractivity (Wildman–Crippen MR) is 95.2 cm³/mol. The van der Waals surface area contributed by atoms with E-state index in [0.717, 1.165) is 25.2 Å². The minimum Gasteiger partial charge on any atom is -0.496 e. The molecule has 4 rings (SSSR count). The molecule has 1 atom stereocenters. The molecule has 1 aromatic heterocycles. The van der Waals surface area contributed by atoms with Crippen molar-refractivity contribution in [2.24, 2.45) is 0 Å². The minimum atomic E-state index is 0.613. The number of fused-ring (bicyclic) bond motifs is 1. The molecule has 0 unspecified atom stereocenters. The second kappa shape index (κ2) is 6.84. The van der Waals surface area contributed by atoms with Crippen LogP contribution in [0.4, 0.5) is 5.95 Å². The standard InChI is InChI=1S/C18H23N5O2/c1-24-15-6-3-7-16(25-2)17(15)14-11-19-21-18(20-14)23-10-9-22-8-4-5-13(22)12-23/h3,6-7,11,13H,4-5,8-10,12H2,1-2H3/t13-/m1/s1. The van der Waals surface area contributed by atoms with Crippen LogP contribution in [-0.2, 0) is 0 Å². The Balaban J connectivity index is 1.66. The lowest BCUT2D eigenvalue weighted by atomic mass is 10.1. The van der Waals surface area contributed by atoms with Gasteiger partial charge < -0.3 is 14.4 Å². The summed E-state index contributed by atoms with van der Waals surface area (Å²) in [4.78, 5) is 9.58. The Labute approximate surface area is 147 Å². The highest BCUT2D eigenvalue weighted by molar-refractivity contribution is 5.74. The zero-order valence-corrected chi connectivity index (χ0v) is 14.7. The van der Waals surface area contributed by atoms with Crippen molar-refractivity contribution in [1.29, 1.82) is 0 Å². The van der Waals surface area contributed by atoms with Crippen molar-refractivity contribution in [3.05, 3.63) is 24.4 Å². The van der Waals surface area contributed by atoms with Crippen LogP contribution < -0.4 is 14.4 Å². The molecular weight excluding hydrogens is 318 g/mol. The molecule has 1 aromatic carbocycles. The summed E-state index contributed by atoms with van der Waals surface area (Å²) in [7, 11) is 3.29. The molecule has 0 bridgehead atoms. The summed E-state index contributed by atoms with van der Waals surface area (Å²) in [5, 5.41) is 8.47. The third-order valence-corrected chi connectivity index (χ3v) is 5.10. The van der Waals surface area contributed by atoms with Gasteiger partial charge in [0.25, 0.3) is 0 Å². The number of piperazine rings is 1. The zero-order chi connectivity index (χ0) is 17.2. The summed E-state index contributed by atoms with van der Waals surface area (Å²) in [6.45, 7) is 4.19. The van der Waals surface area contributed by atoms with Gasteiger partial charge in [0.2, 0.25) is 5.95 Å². The summed E-state index contributed by atoms with van der Waals surface area (Å²) in [5.74, 6) is 2.11. The number of benzene rings is 1. The van der Waals surface area contributed by atoms with Crippen LogP contribution in [0.1, 0.15) is 12.8 Å². The van der Waals surface area contributed by atoms with Gasteiger partial charge in [0, 0.05) is 25.7 Å². The normalized spacial score (nSPS) is 20.4. The van der Waals surface area contributed by atoms with E-state index in [9.17, 15) is 0 Å². The Morgan fingerprint density at radius 1 is 1.08 bits per heavy atom. The number of anilines is 1. The lowest BCUT2D eigenvalue weighted by Crippen LogP contribution is -2.50. The van der Waals surface area contributed by atoms with E-state index in [0.29, 0.717) is 29.2 Å². The molecule has 7 nitrogen and oxygen atoms in total. The fourth-order valence-electron chi connectivity index (χ4n) is 3.82. The van der Waals surface area contributed by atoms with Crippen molar-refractivity contribution in [2.75, 3.05) is 45.3 Å². The molecule has 0 N–H and O–H groups in total. The van der Waals surface area contributed by atoms with Crippen LogP contribution in [0, 0.1) is 0 Å². The summed E-state index contributed by atoms with van der Waals surface area (Å²) >= 11 is 0. The molecule has 0 aliphatic carbocycles. The average Bonchev–Trinajstić information content (AvgIpc) is 3.15. The molecule has 132 valence electrons. The molecule has 7 heteroatoms. The van der Waals surface area contributed by atoms with Crippen LogP contribution in [0.3, 0.4) is 0 Å². The Morgan fingerprint density at radius 3 is 2.64 bits per heavy atom. The van der Waals surface area contributed by atoms with Gasteiger partial charge in [-0.2, -0.15) is 5.10 Å². The van der Waals surface area contributed by atoms with Gasteiger partial charge in [-0.05, 0) is 31.5 Å². The minimum absolute atomic E-state index is 0.613. The molecule has 2 fully saturated rings. The number of rotatable bonds is 4. The van der Waals surface area contributed by atoms with Crippen molar-refractivity contribution in [3.63, 3.8) is 0 Å². The van der Waals surface area contributed by atoms with Gasteiger partial charge in [-0.25, -0.2) is 4.98 Å². The highest BCUT2D eigenvalue weighted by Crippen LogP contribution is 2.37. The molecule has 3 heterocycles. The Bertz CT molecular complexity index is 732. The third kappa shape index (κ3) is 3.00. The van der Waals surface area contributed by atoms with Crippen molar-refractivity contribution >= 4 is 5.95 Å². The SMILES string of the molecule is COc1cccc(OC)c1-c1cnnc(N2CCN3CCC[C@@H]3C2)n1. The maximum atomic E-state index is 5.50. The van der Waals surface area contributed by atoms with E-state index in [-0.39, 0.29) is 0 Å². The van der Waals surface area contributed by atoms with Gasteiger partial charge in [-0.15, -0.1) is 5.10 Å². The highest BCUT2D eigenvalue weighted by atomic mass is 16.5. The molecular formula is C18H23N5O2. The van der Waals surface area contributed by atoms with E-state index >= 15 is 0 Å². The molecule has 0 amide bonds. The molecule has 0 radical (unpaired) electrons. The summed E-state index contributed by atoms with van der Waals surface area (Å²) in [6.07, 6.45) is 4.20. The van der Waals surface area contributed by atoms with Crippen LogP contribution in [0.2, 0.25) is 0 Å². The first-order valence-corrected chi connectivity index (χ1v) is 8.70. The van der Waals surface area contributed by atoms with Gasteiger partial charge in [0.15, 0.2) is 0 Å². The van der Waals surface area contributed by atoms with E-state index in [1.54, 1.807) is 20.4 Å². The quantitative estimate of drug-likeness (QED) is 0.841. The smallest absolute Gasteiger partial charge is 0.246 e. The number of aromatic nitrogens is 3. The van der Waals surface area contributed by atoms with Crippen LogP contribution in [0.15, 0.2) is 24.4 Å². The summed E-state index contributed by atoms with van der Waals surface area (Å²) in [6, 6.07) is 6.31. The Kier molecular flexibility index (Phi) is 4.40. The molecule has 0 saturated carbocycles. The number of hydrogen-bond donors (Lipinski definition) is 0. The molecule has 2 aromatic rings. The van der Waals surface area contributed by atoms with Gasteiger partial charge in [-0.3, -0.25) is 4.90 Å². The zero-order valence-electron chi connectivity index (χ0n) is 14.7. The third-order valence-electron chi connectivity index (χ3n) is 5.10.